The highest BCUT2D eigenvalue weighted by Gasteiger charge is 2.01. The van der Waals surface area contributed by atoms with Crippen LogP contribution in [0.1, 0.15) is 33.1 Å². The smallest absolute Gasteiger partial charge is 0.140 e. The zero-order chi connectivity index (χ0) is 10.1. The van der Waals surface area contributed by atoms with Gasteiger partial charge < -0.3 is 16.3 Å². The van der Waals surface area contributed by atoms with Crippen LogP contribution in [0.5, 0.6) is 0 Å². The van der Waals surface area contributed by atoms with Crippen LogP contribution in [0.15, 0.2) is 5.16 Å². The van der Waals surface area contributed by atoms with Crippen LogP contribution in [0.2, 0.25) is 0 Å². The van der Waals surface area contributed by atoms with Crippen molar-refractivity contribution in [2.75, 3.05) is 13.1 Å². The van der Waals surface area contributed by atoms with Crippen LogP contribution in [0.3, 0.4) is 0 Å². The fourth-order valence-corrected chi connectivity index (χ4v) is 1.15. The van der Waals surface area contributed by atoms with Crippen LogP contribution in [0, 0.1) is 5.92 Å². The molecule has 0 unspecified atom stereocenters. The van der Waals surface area contributed by atoms with Gasteiger partial charge in [-0.3, -0.25) is 0 Å². The molecule has 0 atom stereocenters. The number of hydrogen-bond donors (Lipinski definition) is 3. The third-order valence-electron chi connectivity index (χ3n) is 2.27. The molecular weight excluding hydrogens is 166 g/mol. The lowest BCUT2D eigenvalue weighted by Gasteiger charge is -2.12. The SMILES string of the molecule is CCC(CC)CNCCC(N)=NO. The average molecular weight is 187 g/mol. The fourth-order valence-electron chi connectivity index (χ4n) is 1.15. The number of rotatable bonds is 7. The fraction of sp³-hybridized carbons (Fsp3) is 0.889. The van der Waals surface area contributed by atoms with Gasteiger partial charge in [0.05, 0.1) is 0 Å². The van der Waals surface area contributed by atoms with Gasteiger partial charge in [0.15, 0.2) is 0 Å². The van der Waals surface area contributed by atoms with Gasteiger partial charge in [0.25, 0.3) is 0 Å². The van der Waals surface area contributed by atoms with Gasteiger partial charge >= 0.3 is 0 Å². The topological polar surface area (TPSA) is 70.6 Å². The Morgan fingerprint density at radius 1 is 1.46 bits per heavy atom. The van der Waals surface area contributed by atoms with Gasteiger partial charge in [-0.15, -0.1) is 0 Å². The molecule has 4 N–H and O–H groups in total. The van der Waals surface area contributed by atoms with E-state index < -0.39 is 0 Å². The summed E-state index contributed by atoms with van der Waals surface area (Å²) in [4.78, 5) is 0. The van der Waals surface area contributed by atoms with Gasteiger partial charge in [-0.05, 0) is 12.5 Å². The maximum absolute atomic E-state index is 8.27. The minimum absolute atomic E-state index is 0.289. The number of nitrogens with two attached hydrogens (primary N) is 1. The molecule has 0 radical (unpaired) electrons. The van der Waals surface area contributed by atoms with Crippen LogP contribution >= 0.6 is 0 Å². The van der Waals surface area contributed by atoms with Crippen LogP contribution in [0.25, 0.3) is 0 Å². The molecule has 0 heterocycles. The summed E-state index contributed by atoms with van der Waals surface area (Å²) in [7, 11) is 0. The van der Waals surface area contributed by atoms with E-state index in [1.165, 1.54) is 12.8 Å². The standard InChI is InChI=1S/C9H21N3O/c1-3-8(4-2)7-11-6-5-9(10)12-13/h8,11,13H,3-7H2,1-2H3,(H2,10,12). The van der Waals surface area contributed by atoms with E-state index in [0.717, 1.165) is 19.0 Å². The molecule has 0 aromatic carbocycles. The largest absolute Gasteiger partial charge is 0.409 e. The summed E-state index contributed by atoms with van der Waals surface area (Å²) < 4.78 is 0. The highest BCUT2D eigenvalue weighted by molar-refractivity contribution is 5.79. The lowest BCUT2D eigenvalue weighted by atomic mass is 10.0. The van der Waals surface area contributed by atoms with E-state index in [9.17, 15) is 0 Å². The van der Waals surface area contributed by atoms with Crippen LogP contribution < -0.4 is 11.1 Å². The number of hydrogen-bond acceptors (Lipinski definition) is 3. The van der Waals surface area contributed by atoms with Crippen molar-refractivity contribution in [1.82, 2.24) is 5.32 Å². The maximum Gasteiger partial charge on any atom is 0.140 e. The predicted molar refractivity (Wildman–Crippen MR) is 55.0 cm³/mol. The maximum atomic E-state index is 8.27. The molecule has 4 heteroatoms. The van der Waals surface area contributed by atoms with Crippen molar-refractivity contribution in [2.24, 2.45) is 16.8 Å². The molecular formula is C9H21N3O. The molecule has 0 aliphatic carbocycles. The Balaban J connectivity index is 3.34. The van der Waals surface area contributed by atoms with Crippen molar-refractivity contribution in [1.29, 1.82) is 0 Å². The van der Waals surface area contributed by atoms with Gasteiger partial charge in [-0.25, -0.2) is 0 Å². The van der Waals surface area contributed by atoms with E-state index >= 15 is 0 Å². The minimum Gasteiger partial charge on any atom is -0.409 e. The molecule has 0 aliphatic rings. The van der Waals surface area contributed by atoms with E-state index in [2.05, 4.69) is 24.3 Å². The molecule has 0 amide bonds. The molecule has 78 valence electrons. The monoisotopic (exact) mass is 187 g/mol. The van der Waals surface area contributed by atoms with Crippen LogP contribution in [-0.4, -0.2) is 24.1 Å². The first-order valence-corrected chi connectivity index (χ1v) is 4.91. The molecule has 0 spiro atoms. The molecule has 0 rings (SSSR count). The molecule has 0 bridgehead atoms. The molecule has 0 aliphatic heterocycles. The first kappa shape index (κ1) is 12.2. The molecule has 0 aromatic heterocycles. The summed E-state index contributed by atoms with van der Waals surface area (Å²) in [6, 6.07) is 0. The van der Waals surface area contributed by atoms with Gasteiger partial charge in [0.2, 0.25) is 0 Å². The Morgan fingerprint density at radius 2 is 2.08 bits per heavy atom. The first-order valence-electron chi connectivity index (χ1n) is 4.91. The lowest BCUT2D eigenvalue weighted by molar-refractivity contribution is 0.316. The molecule has 0 saturated heterocycles. The number of oxime groups is 1. The molecule has 4 nitrogen and oxygen atoms in total. The van der Waals surface area contributed by atoms with E-state index in [1.54, 1.807) is 0 Å². The van der Waals surface area contributed by atoms with Crippen molar-refractivity contribution in [3.05, 3.63) is 0 Å². The van der Waals surface area contributed by atoms with Crippen molar-refractivity contribution in [2.45, 2.75) is 33.1 Å². The third-order valence-corrected chi connectivity index (χ3v) is 2.27. The van der Waals surface area contributed by atoms with E-state index in [1.807, 2.05) is 0 Å². The van der Waals surface area contributed by atoms with Gasteiger partial charge in [0.1, 0.15) is 5.84 Å². The summed E-state index contributed by atoms with van der Waals surface area (Å²) in [5, 5.41) is 14.5. The second kappa shape index (κ2) is 7.86. The molecule has 0 saturated carbocycles. The average Bonchev–Trinajstić information content (AvgIpc) is 2.18. The highest BCUT2D eigenvalue weighted by Crippen LogP contribution is 2.04. The van der Waals surface area contributed by atoms with E-state index in [-0.39, 0.29) is 5.84 Å². The number of nitrogens with zero attached hydrogens (tertiary/aromatic N) is 1. The van der Waals surface area contributed by atoms with E-state index in [4.69, 9.17) is 10.9 Å². The third kappa shape index (κ3) is 6.40. The second-order valence-electron chi connectivity index (χ2n) is 3.23. The van der Waals surface area contributed by atoms with Crippen molar-refractivity contribution >= 4 is 5.84 Å². The zero-order valence-electron chi connectivity index (χ0n) is 8.58. The van der Waals surface area contributed by atoms with Crippen LogP contribution in [-0.2, 0) is 0 Å². The van der Waals surface area contributed by atoms with Gasteiger partial charge in [0, 0.05) is 13.0 Å². The summed E-state index contributed by atoms with van der Waals surface area (Å²) in [6.45, 7) is 6.19. The molecule has 0 fully saturated rings. The van der Waals surface area contributed by atoms with Gasteiger partial charge in [-0.2, -0.15) is 0 Å². The Kier molecular flexibility index (Phi) is 7.39. The zero-order valence-corrected chi connectivity index (χ0v) is 8.58. The Bertz CT molecular complexity index is 144. The Hall–Kier alpha value is -0.770. The Labute approximate surface area is 80.2 Å². The van der Waals surface area contributed by atoms with Crippen molar-refractivity contribution in [3.63, 3.8) is 0 Å². The Morgan fingerprint density at radius 3 is 2.54 bits per heavy atom. The lowest BCUT2D eigenvalue weighted by Crippen LogP contribution is -2.26. The quantitative estimate of drug-likeness (QED) is 0.184. The summed E-state index contributed by atoms with van der Waals surface area (Å²) in [5.74, 6) is 1.03. The minimum atomic E-state index is 0.289. The van der Waals surface area contributed by atoms with Crippen LogP contribution in [0.4, 0.5) is 0 Å². The number of amidine groups is 1. The normalized spacial score (nSPS) is 12.4. The van der Waals surface area contributed by atoms with Crippen molar-refractivity contribution < 1.29 is 5.21 Å². The second-order valence-corrected chi connectivity index (χ2v) is 3.23. The summed E-state index contributed by atoms with van der Waals surface area (Å²) in [6.07, 6.45) is 3.01. The predicted octanol–water partition coefficient (Wildman–Crippen LogP) is 1.15. The first-order chi connectivity index (χ1) is 6.24. The summed E-state index contributed by atoms with van der Waals surface area (Å²) in [5.41, 5.74) is 5.31. The highest BCUT2D eigenvalue weighted by atomic mass is 16.4. The molecule has 0 aromatic rings. The summed E-state index contributed by atoms with van der Waals surface area (Å²) >= 11 is 0. The van der Waals surface area contributed by atoms with Gasteiger partial charge in [-0.1, -0.05) is 31.8 Å². The van der Waals surface area contributed by atoms with Crippen molar-refractivity contribution in [3.8, 4) is 0 Å². The van der Waals surface area contributed by atoms with E-state index in [0.29, 0.717) is 6.42 Å². The molecule has 13 heavy (non-hydrogen) atoms. The number of nitrogens with one attached hydrogen (secondary N) is 1.